The number of carbonyl (C=O) groups excluding carboxylic acids is 1. The van der Waals surface area contributed by atoms with Crippen LogP contribution in [0.3, 0.4) is 0 Å². The van der Waals surface area contributed by atoms with Crippen LogP contribution in [0.2, 0.25) is 0 Å². The molecule has 3 heteroatoms. The van der Waals surface area contributed by atoms with E-state index in [0.717, 1.165) is 12.8 Å². The van der Waals surface area contributed by atoms with Crippen molar-refractivity contribution in [1.29, 1.82) is 0 Å². The van der Waals surface area contributed by atoms with Crippen molar-refractivity contribution in [2.24, 2.45) is 5.41 Å². The highest BCUT2D eigenvalue weighted by atomic mass is 16.4. The van der Waals surface area contributed by atoms with Crippen LogP contribution in [0, 0.1) is 5.41 Å². The first-order valence-electron chi connectivity index (χ1n) is 4.15. The lowest BCUT2D eigenvalue weighted by Gasteiger charge is -2.20. The lowest BCUT2D eigenvalue weighted by molar-refractivity contribution is -0.142. The number of aliphatic carboxylic acids is 1. The summed E-state index contributed by atoms with van der Waals surface area (Å²) in [6, 6.07) is 0. The van der Waals surface area contributed by atoms with Gasteiger partial charge in [0.15, 0.2) is 0 Å². The molecule has 0 unspecified atom stereocenters. The number of ketones is 1. The van der Waals surface area contributed by atoms with E-state index in [-0.39, 0.29) is 12.2 Å². The van der Waals surface area contributed by atoms with Gasteiger partial charge < -0.3 is 5.11 Å². The van der Waals surface area contributed by atoms with Gasteiger partial charge in [-0.2, -0.15) is 0 Å². The Morgan fingerprint density at radius 3 is 2.17 bits per heavy atom. The van der Waals surface area contributed by atoms with Crippen LogP contribution in [0.5, 0.6) is 0 Å². The lowest BCUT2D eigenvalue weighted by Crippen LogP contribution is -2.26. The van der Waals surface area contributed by atoms with Gasteiger partial charge in [0.1, 0.15) is 12.2 Å². The van der Waals surface area contributed by atoms with Crippen LogP contribution in [0.25, 0.3) is 0 Å². The summed E-state index contributed by atoms with van der Waals surface area (Å²) < 4.78 is 0. The Balaban J connectivity index is 4.15. The fourth-order valence-corrected chi connectivity index (χ4v) is 1.14. The molecule has 0 aromatic heterocycles. The van der Waals surface area contributed by atoms with Crippen LogP contribution in [-0.2, 0) is 9.59 Å². The highest BCUT2D eigenvalue weighted by molar-refractivity contribution is 5.97. The third-order valence-corrected chi connectivity index (χ3v) is 1.94. The zero-order valence-corrected chi connectivity index (χ0v) is 7.89. The zero-order chi connectivity index (χ0) is 9.78. The molecule has 0 aliphatic heterocycles. The number of hydrogen-bond donors (Lipinski definition) is 1. The maximum absolute atomic E-state index is 11.3. The van der Waals surface area contributed by atoms with Crippen molar-refractivity contribution in [1.82, 2.24) is 0 Å². The van der Waals surface area contributed by atoms with Crippen LogP contribution in [0.4, 0.5) is 0 Å². The predicted molar refractivity (Wildman–Crippen MR) is 45.9 cm³/mol. The second-order valence-electron chi connectivity index (χ2n) is 3.63. The highest BCUT2D eigenvalue weighted by Crippen LogP contribution is 2.24. The predicted octanol–water partition coefficient (Wildman–Crippen LogP) is 1.86. The van der Waals surface area contributed by atoms with Gasteiger partial charge in [0, 0.05) is 5.41 Å². The third-order valence-electron chi connectivity index (χ3n) is 1.94. The van der Waals surface area contributed by atoms with E-state index >= 15 is 0 Å². The first-order chi connectivity index (χ1) is 5.40. The molecule has 0 saturated heterocycles. The summed E-state index contributed by atoms with van der Waals surface area (Å²) in [6.45, 7) is 5.57. The van der Waals surface area contributed by atoms with Crippen molar-refractivity contribution in [3.8, 4) is 0 Å². The molecular formula is C9H16O3. The fraction of sp³-hybridized carbons (Fsp3) is 0.778. The molecule has 0 heterocycles. The molecule has 0 fully saturated rings. The topological polar surface area (TPSA) is 54.4 Å². The van der Waals surface area contributed by atoms with E-state index in [1.807, 2.05) is 6.92 Å². The molecule has 0 atom stereocenters. The Hall–Kier alpha value is -0.860. The summed E-state index contributed by atoms with van der Waals surface area (Å²) in [7, 11) is 0. The van der Waals surface area contributed by atoms with E-state index in [1.165, 1.54) is 0 Å². The maximum Gasteiger partial charge on any atom is 0.310 e. The minimum atomic E-state index is -1.04. The standard InChI is InChI=1S/C9H16O3/c1-4-5-9(2,3)7(10)6-8(11)12/h4-6H2,1-3H3,(H,11,12). The Bertz CT molecular complexity index is 182. The van der Waals surface area contributed by atoms with Gasteiger partial charge in [-0.25, -0.2) is 0 Å². The first kappa shape index (κ1) is 11.1. The molecule has 0 aromatic rings. The van der Waals surface area contributed by atoms with Crippen LogP contribution in [0.15, 0.2) is 0 Å². The maximum atomic E-state index is 11.3. The van der Waals surface area contributed by atoms with Gasteiger partial charge >= 0.3 is 5.97 Å². The quantitative estimate of drug-likeness (QED) is 0.644. The van der Waals surface area contributed by atoms with Crippen molar-refractivity contribution in [2.45, 2.75) is 40.0 Å². The van der Waals surface area contributed by atoms with Crippen molar-refractivity contribution < 1.29 is 14.7 Å². The summed E-state index contributed by atoms with van der Waals surface area (Å²) in [5.41, 5.74) is -0.479. The molecule has 0 aliphatic carbocycles. The summed E-state index contributed by atoms with van der Waals surface area (Å²) >= 11 is 0. The molecule has 3 nitrogen and oxygen atoms in total. The Morgan fingerprint density at radius 2 is 1.83 bits per heavy atom. The van der Waals surface area contributed by atoms with Gasteiger partial charge in [0.25, 0.3) is 0 Å². The first-order valence-corrected chi connectivity index (χ1v) is 4.15. The Morgan fingerprint density at radius 1 is 1.33 bits per heavy atom. The number of hydrogen-bond acceptors (Lipinski definition) is 2. The Labute approximate surface area is 72.8 Å². The van der Waals surface area contributed by atoms with Gasteiger partial charge in [0.2, 0.25) is 0 Å². The van der Waals surface area contributed by atoms with E-state index < -0.39 is 11.4 Å². The molecule has 0 rings (SSSR count). The van der Waals surface area contributed by atoms with E-state index in [1.54, 1.807) is 13.8 Å². The van der Waals surface area contributed by atoms with E-state index in [9.17, 15) is 9.59 Å². The molecule has 0 radical (unpaired) electrons. The van der Waals surface area contributed by atoms with Gasteiger partial charge in [-0.1, -0.05) is 27.2 Å². The molecule has 0 amide bonds. The molecule has 12 heavy (non-hydrogen) atoms. The van der Waals surface area contributed by atoms with Crippen molar-refractivity contribution in [3.63, 3.8) is 0 Å². The van der Waals surface area contributed by atoms with Crippen molar-refractivity contribution in [2.75, 3.05) is 0 Å². The van der Waals surface area contributed by atoms with Gasteiger partial charge in [-0.15, -0.1) is 0 Å². The number of carboxylic acid groups (broad SMARTS) is 1. The molecule has 0 saturated carbocycles. The fourth-order valence-electron chi connectivity index (χ4n) is 1.14. The molecule has 1 N–H and O–H groups in total. The van der Waals surface area contributed by atoms with Crippen molar-refractivity contribution in [3.05, 3.63) is 0 Å². The molecule has 0 aliphatic rings. The minimum Gasteiger partial charge on any atom is -0.481 e. The SMILES string of the molecule is CCCC(C)(C)C(=O)CC(=O)O. The van der Waals surface area contributed by atoms with Crippen LogP contribution >= 0.6 is 0 Å². The summed E-state index contributed by atoms with van der Waals surface area (Å²) in [4.78, 5) is 21.5. The number of carbonyl (C=O) groups is 2. The zero-order valence-electron chi connectivity index (χ0n) is 7.89. The number of rotatable bonds is 5. The van der Waals surface area contributed by atoms with Crippen LogP contribution in [-0.4, -0.2) is 16.9 Å². The summed E-state index contributed by atoms with van der Waals surface area (Å²) in [5.74, 6) is -1.22. The smallest absolute Gasteiger partial charge is 0.310 e. The third kappa shape index (κ3) is 3.51. The highest BCUT2D eigenvalue weighted by Gasteiger charge is 2.27. The summed E-state index contributed by atoms with van der Waals surface area (Å²) in [5, 5.41) is 8.39. The van der Waals surface area contributed by atoms with Crippen LogP contribution in [0.1, 0.15) is 40.0 Å². The van der Waals surface area contributed by atoms with E-state index in [2.05, 4.69) is 0 Å². The van der Waals surface area contributed by atoms with Crippen LogP contribution < -0.4 is 0 Å². The molecule has 70 valence electrons. The van der Waals surface area contributed by atoms with E-state index in [4.69, 9.17) is 5.11 Å². The average Bonchev–Trinajstić information content (AvgIpc) is 1.85. The second-order valence-corrected chi connectivity index (χ2v) is 3.63. The second kappa shape index (κ2) is 4.24. The van der Waals surface area contributed by atoms with E-state index in [0.29, 0.717) is 0 Å². The largest absolute Gasteiger partial charge is 0.481 e. The molecule has 0 spiro atoms. The summed E-state index contributed by atoms with van der Waals surface area (Å²) in [6.07, 6.45) is 1.30. The van der Waals surface area contributed by atoms with Crippen molar-refractivity contribution >= 4 is 11.8 Å². The molecule has 0 bridgehead atoms. The average molecular weight is 172 g/mol. The number of Topliss-reactive ketones (excluding diaryl/α,β-unsaturated/α-hetero) is 1. The minimum absolute atomic E-state index is 0.183. The molecule has 0 aromatic carbocycles. The van der Waals surface area contributed by atoms with Gasteiger partial charge in [0.05, 0.1) is 0 Å². The molecular weight excluding hydrogens is 156 g/mol. The lowest BCUT2D eigenvalue weighted by atomic mass is 9.82. The monoisotopic (exact) mass is 172 g/mol. The van der Waals surface area contributed by atoms with Gasteiger partial charge in [-0.05, 0) is 6.42 Å². The normalized spacial score (nSPS) is 11.2. The Kier molecular flexibility index (Phi) is 3.93. The number of carboxylic acids is 1. The van der Waals surface area contributed by atoms with Gasteiger partial charge in [-0.3, -0.25) is 9.59 Å².